The van der Waals surface area contributed by atoms with Crippen molar-refractivity contribution in [1.29, 1.82) is 0 Å². The van der Waals surface area contributed by atoms with Crippen LogP contribution in [-0.2, 0) is 16.0 Å². The van der Waals surface area contributed by atoms with Crippen molar-refractivity contribution in [3.63, 3.8) is 0 Å². The Balaban J connectivity index is 1.49. The van der Waals surface area contributed by atoms with Crippen molar-refractivity contribution in [3.8, 4) is 5.75 Å². The van der Waals surface area contributed by atoms with Crippen molar-refractivity contribution in [3.05, 3.63) is 59.9 Å². The van der Waals surface area contributed by atoms with Crippen LogP contribution in [0.3, 0.4) is 0 Å². The average molecular weight is 440 g/mol. The van der Waals surface area contributed by atoms with Gasteiger partial charge in [-0.15, -0.1) is 0 Å². The van der Waals surface area contributed by atoms with Crippen molar-refractivity contribution < 1.29 is 14.3 Å². The first-order chi connectivity index (χ1) is 15.6. The minimum absolute atomic E-state index is 0.0150. The molecule has 0 aliphatic carbocycles. The van der Waals surface area contributed by atoms with E-state index in [4.69, 9.17) is 4.74 Å². The third-order valence-electron chi connectivity index (χ3n) is 5.88. The zero-order valence-electron chi connectivity index (χ0n) is 18.9. The lowest BCUT2D eigenvalue weighted by Gasteiger charge is -2.39. The lowest BCUT2D eigenvalue weighted by Crippen LogP contribution is -2.50. The minimum atomic E-state index is -0.612. The molecule has 0 bridgehead atoms. The van der Waals surface area contributed by atoms with E-state index >= 15 is 0 Å². The van der Waals surface area contributed by atoms with Gasteiger partial charge < -0.3 is 20.3 Å². The molecule has 2 heterocycles. The summed E-state index contributed by atoms with van der Waals surface area (Å²) in [6.07, 6.45) is 4.21. The van der Waals surface area contributed by atoms with E-state index in [0.29, 0.717) is 19.5 Å². The summed E-state index contributed by atoms with van der Waals surface area (Å²) in [4.78, 5) is 33.7. The highest BCUT2D eigenvalue weighted by Gasteiger charge is 2.26. The van der Waals surface area contributed by atoms with Gasteiger partial charge in [0.2, 0.25) is 0 Å². The smallest absolute Gasteiger partial charge is 0.309 e. The van der Waals surface area contributed by atoms with Crippen LogP contribution in [-0.4, -0.2) is 79.5 Å². The molecule has 8 nitrogen and oxygen atoms in total. The first-order valence-corrected chi connectivity index (χ1v) is 11.2. The van der Waals surface area contributed by atoms with Crippen molar-refractivity contribution >= 4 is 11.8 Å². The maximum absolute atomic E-state index is 12.4. The Morgan fingerprint density at radius 1 is 1.06 bits per heavy atom. The SMILES string of the molecule is CCN1CCN([C@H](CNC(=O)C(=O)NCCc2ccc(OC)cc2)c2cccnc2)CC1. The average Bonchev–Trinajstić information content (AvgIpc) is 2.85. The maximum atomic E-state index is 12.4. The van der Waals surface area contributed by atoms with Gasteiger partial charge in [0, 0.05) is 51.7 Å². The molecule has 0 saturated carbocycles. The third kappa shape index (κ3) is 6.77. The molecule has 32 heavy (non-hydrogen) atoms. The minimum Gasteiger partial charge on any atom is -0.497 e. The summed E-state index contributed by atoms with van der Waals surface area (Å²) in [5.41, 5.74) is 2.10. The summed E-state index contributed by atoms with van der Waals surface area (Å²) >= 11 is 0. The first-order valence-electron chi connectivity index (χ1n) is 11.2. The van der Waals surface area contributed by atoms with Gasteiger partial charge in [-0.05, 0) is 42.3 Å². The second-order valence-corrected chi connectivity index (χ2v) is 7.84. The molecule has 2 aromatic rings. The zero-order chi connectivity index (χ0) is 22.8. The van der Waals surface area contributed by atoms with E-state index in [1.807, 2.05) is 42.6 Å². The topological polar surface area (TPSA) is 86.8 Å². The lowest BCUT2D eigenvalue weighted by molar-refractivity contribution is -0.139. The van der Waals surface area contributed by atoms with Crippen LogP contribution < -0.4 is 15.4 Å². The van der Waals surface area contributed by atoms with Crippen LogP contribution in [0.15, 0.2) is 48.8 Å². The van der Waals surface area contributed by atoms with E-state index in [1.165, 1.54) is 0 Å². The van der Waals surface area contributed by atoms with Crippen molar-refractivity contribution in [2.75, 3.05) is 52.9 Å². The van der Waals surface area contributed by atoms with Crippen LogP contribution in [0.4, 0.5) is 0 Å². The Hall–Kier alpha value is -2.97. The third-order valence-corrected chi connectivity index (χ3v) is 5.88. The number of benzene rings is 1. The Morgan fingerprint density at radius 2 is 1.78 bits per heavy atom. The number of ether oxygens (including phenoxy) is 1. The van der Waals surface area contributed by atoms with Gasteiger partial charge in [0.15, 0.2) is 0 Å². The second-order valence-electron chi connectivity index (χ2n) is 7.84. The molecular formula is C24H33N5O3. The Bertz CT molecular complexity index is 852. The summed E-state index contributed by atoms with van der Waals surface area (Å²) in [5, 5.41) is 5.52. The van der Waals surface area contributed by atoms with E-state index in [0.717, 1.165) is 49.6 Å². The number of likely N-dealkylation sites (N-methyl/N-ethyl adjacent to an activating group) is 1. The van der Waals surface area contributed by atoms with E-state index in [2.05, 4.69) is 32.3 Å². The number of carbonyl (C=O) groups excluding carboxylic acids is 2. The number of rotatable bonds is 9. The maximum Gasteiger partial charge on any atom is 0.309 e. The van der Waals surface area contributed by atoms with Crippen LogP contribution in [0.1, 0.15) is 24.1 Å². The summed E-state index contributed by atoms with van der Waals surface area (Å²) < 4.78 is 5.14. The predicted octanol–water partition coefficient (Wildman–Crippen LogP) is 1.24. The highest BCUT2D eigenvalue weighted by atomic mass is 16.5. The Kier molecular flexibility index (Phi) is 9.01. The van der Waals surface area contributed by atoms with E-state index in [1.54, 1.807) is 13.3 Å². The molecule has 1 aliphatic heterocycles. The van der Waals surface area contributed by atoms with Gasteiger partial charge in [-0.25, -0.2) is 0 Å². The molecule has 0 spiro atoms. The van der Waals surface area contributed by atoms with Gasteiger partial charge in [0.05, 0.1) is 13.2 Å². The van der Waals surface area contributed by atoms with Crippen LogP contribution in [0.2, 0.25) is 0 Å². The van der Waals surface area contributed by atoms with E-state index in [-0.39, 0.29) is 6.04 Å². The number of nitrogens with one attached hydrogen (secondary N) is 2. The second kappa shape index (κ2) is 12.2. The van der Waals surface area contributed by atoms with Gasteiger partial charge in [-0.3, -0.25) is 19.5 Å². The number of hydrogen-bond donors (Lipinski definition) is 2. The molecule has 3 rings (SSSR count). The Labute approximate surface area is 190 Å². The fourth-order valence-corrected chi connectivity index (χ4v) is 3.88. The van der Waals surface area contributed by atoms with Crippen LogP contribution in [0.5, 0.6) is 5.75 Å². The van der Waals surface area contributed by atoms with E-state index < -0.39 is 11.8 Å². The van der Waals surface area contributed by atoms with Gasteiger partial charge in [0.1, 0.15) is 5.75 Å². The first kappa shape index (κ1) is 23.7. The van der Waals surface area contributed by atoms with Crippen molar-refractivity contribution in [2.45, 2.75) is 19.4 Å². The fourth-order valence-electron chi connectivity index (χ4n) is 3.88. The molecule has 1 aromatic heterocycles. The number of piperazine rings is 1. The van der Waals surface area contributed by atoms with Crippen LogP contribution >= 0.6 is 0 Å². The number of hydrogen-bond acceptors (Lipinski definition) is 6. The van der Waals surface area contributed by atoms with Crippen LogP contribution in [0, 0.1) is 0 Å². The molecule has 1 fully saturated rings. The van der Waals surface area contributed by atoms with Crippen LogP contribution in [0.25, 0.3) is 0 Å². The van der Waals surface area contributed by atoms with E-state index in [9.17, 15) is 9.59 Å². The quantitative estimate of drug-likeness (QED) is 0.572. The molecule has 0 unspecified atom stereocenters. The van der Waals surface area contributed by atoms with Gasteiger partial charge in [-0.1, -0.05) is 25.1 Å². The summed E-state index contributed by atoms with van der Waals surface area (Å²) in [6.45, 7) is 7.78. The highest BCUT2D eigenvalue weighted by molar-refractivity contribution is 6.35. The number of carbonyl (C=O) groups is 2. The number of pyridine rings is 1. The summed E-state index contributed by atoms with van der Waals surface area (Å²) in [5.74, 6) is -0.434. The molecule has 172 valence electrons. The number of amides is 2. The summed E-state index contributed by atoms with van der Waals surface area (Å²) in [7, 11) is 1.62. The fraction of sp³-hybridized carbons (Fsp3) is 0.458. The van der Waals surface area contributed by atoms with Gasteiger partial charge >= 0.3 is 11.8 Å². The Morgan fingerprint density at radius 3 is 2.41 bits per heavy atom. The standard InChI is InChI=1S/C24H33N5O3/c1-3-28-13-15-29(16-14-28)22(20-5-4-11-25-17-20)18-27-24(31)23(30)26-12-10-19-6-8-21(32-2)9-7-19/h4-9,11,17,22H,3,10,12-16,18H2,1-2H3,(H,26,30)(H,27,31)/t22-/m1/s1. The molecule has 2 N–H and O–H groups in total. The lowest BCUT2D eigenvalue weighted by atomic mass is 10.1. The van der Waals surface area contributed by atoms with Crippen molar-refractivity contribution in [2.24, 2.45) is 0 Å². The molecular weight excluding hydrogens is 406 g/mol. The monoisotopic (exact) mass is 439 g/mol. The molecule has 8 heteroatoms. The van der Waals surface area contributed by atoms with Gasteiger partial charge in [-0.2, -0.15) is 0 Å². The molecule has 2 amide bonds. The molecule has 1 aromatic carbocycles. The molecule has 1 atom stereocenters. The number of aromatic nitrogens is 1. The molecule has 1 aliphatic rings. The molecule has 0 radical (unpaired) electrons. The van der Waals surface area contributed by atoms with Gasteiger partial charge in [0.25, 0.3) is 0 Å². The molecule has 1 saturated heterocycles. The highest BCUT2D eigenvalue weighted by Crippen LogP contribution is 2.21. The number of methoxy groups -OCH3 is 1. The normalized spacial score (nSPS) is 15.7. The summed E-state index contributed by atoms with van der Waals surface area (Å²) in [6, 6.07) is 11.6. The largest absolute Gasteiger partial charge is 0.497 e. The van der Waals surface area contributed by atoms with Crippen molar-refractivity contribution in [1.82, 2.24) is 25.4 Å². The number of nitrogens with zero attached hydrogens (tertiary/aromatic N) is 3. The zero-order valence-corrected chi connectivity index (χ0v) is 18.9. The predicted molar refractivity (Wildman–Crippen MR) is 123 cm³/mol.